The van der Waals surface area contributed by atoms with Crippen LogP contribution in [0.15, 0.2) is 79.0 Å². The number of benzene rings is 3. The fourth-order valence-electron chi connectivity index (χ4n) is 7.42. The molecule has 1 amide bonds. The Morgan fingerprint density at radius 3 is 2.55 bits per heavy atom. The van der Waals surface area contributed by atoms with Gasteiger partial charge in [0, 0.05) is 40.8 Å². The Morgan fingerprint density at radius 1 is 1.09 bits per heavy atom. The minimum Gasteiger partial charge on any atom is -0.497 e. The summed E-state index contributed by atoms with van der Waals surface area (Å²) in [5.74, 6) is 0.782. The van der Waals surface area contributed by atoms with E-state index in [0.717, 1.165) is 31.8 Å². The van der Waals surface area contributed by atoms with Crippen LogP contribution in [0.5, 0.6) is 5.75 Å². The van der Waals surface area contributed by atoms with E-state index in [1.54, 1.807) is 7.11 Å². The Kier molecular flexibility index (Phi) is 8.71. The number of anilines is 1. The molecule has 8 nitrogen and oxygen atoms in total. The molecule has 0 saturated carbocycles. The van der Waals surface area contributed by atoms with E-state index in [1.807, 2.05) is 46.1 Å². The summed E-state index contributed by atoms with van der Waals surface area (Å²) in [6, 6.07) is 24.9. The first-order valence-electron chi connectivity index (χ1n) is 15.2. The zero-order chi connectivity index (χ0) is 31.1. The molecule has 44 heavy (non-hydrogen) atoms. The van der Waals surface area contributed by atoms with Gasteiger partial charge in [0.2, 0.25) is 0 Å². The number of carbonyl (C=O) groups excluding carboxylic acids is 1. The van der Waals surface area contributed by atoms with E-state index in [-0.39, 0.29) is 30.1 Å². The predicted molar refractivity (Wildman–Crippen MR) is 182 cm³/mol. The first-order valence-corrected chi connectivity index (χ1v) is 19.3. The van der Waals surface area contributed by atoms with E-state index in [0.29, 0.717) is 25.9 Å². The molecule has 2 aliphatic heterocycles. The second-order valence-corrected chi connectivity index (χ2v) is 18.4. The van der Waals surface area contributed by atoms with Crippen molar-refractivity contribution < 1.29 is 19.4 Å². The highest BCUT2D eigenvalue weighted by atomic mass is 127. The Morgan fingerprint density at radius 2 is 1.84 bits per heavy atom. The van der Waals surface area contributed by atoms with Crippen molar-refractivity contribution in [2.24, 2.45) is 5.92 Å². The van der Waals surface area contributed by atoms with Crippen molar-refractivity contribution in [3.63, 3.8) is 0 Å². The topological polar surface area (TPSA) is 89.7 Å². The molecule has 0 bridgehead atoms. The van der Waals surface area contributed by atoms with Crippen LogP contribution in [0.2, 0.25) is 18.6 Å². The maximum Gasteiger partial charge on any atom is 0.264 e. The molecule has 230 valence electrons. The zero-order valence-corrected chi connectivity index (χ0v) is 28.8. The van der Waals surface area contributed by atoms with Crippen LogP contribution < -0.4 is 14.8 Å². The van der Waals surface area contributed by atoms with Crippen LogP contribution in [0.4, 0.5) is 5.69 Å². The Labute approximate surface area is 273 Å². The van der Waals surface area contributed by atoms with Gasteiger partial charge in [0.25, 0.3) is 5.91 Å². The van der Waals surface area contributed by atoms with Crippen LogP contribution in [-0.4, -0.2) is 53.9 Å². The van der Waals surface area contributed by atoms with Gasteiger partial charge in [0.05, 0.1) is 39.2 Å². The molecule has 3 heterocycles. The quantitative estimate of drug-likeness (QED) is 0.177. The number of aliphatic hydroxyl groups excluding tert-OH is 1. The average molecular weight is 723 g/mol. The molecule has 0 unspecified atom stereocenters. The predicted octanol–water partition coefficient (Wildman–Crippen LogP) is 5.28. The maximum atomic E-state index is 14.8. The summed E-state index contributed by atoms with van der Waals surface area (Å²) < 4.78 is 15.6. The number of methoxy groups -OCH3 is 1. The van der Waals surface area contributed by atoms with Gasteiger partial charge < -0.3 is 19.5 Å². The first kappa shape index (κ1) is 30.9. The highest BCUT2D eigenvalue weighted by Gasteiger charge is 2.66. The molecule has 0 radical (unpaired) electrons. The number of aromatic nitrogens is 3. The summed E-state index contributed by atoms with van der Waals surface area (Å²) in [5, 5.41) is 19.2. The summed E-state index contributed by atoms with van der Waals surface area (Å²) in [7, 11) is -0.553. The van der Waals surface area contributed by atoms with Gasteiger partial charge >= 0.3 is 0 Å². The number of halogens is 1. The third-order valence-corrected chi connectivity index (χ3v) is 14.6. The smallest absolute Gasteiger partial charge is 0.264 e. The molecule has 4 aromatic rings. The second kappa shape index (κ2) is 12.4. The van der Waals surface area contributed by atoms with Crippen LogP contribution in [0.25, 0.3) is 0 Å². The van der Waals surface area contributed by atoms with Crippen LogP contribution in [-0.2, 0) is 34.6 Å². The van der Waals surface area contributed by atoms with Crippen LogP contribution in [0, 0.1) is 9.49 Å². The number of carbonyl (C=O) groups is 1. The molecular weight excluding hydrogens is 683 g/mol. The molecule has 2 aliphatic rings. The number of amides is 1. The fraction of sp³-hybridized carbons (Fsp3) is 0.382. The highest BCUT2D eigenvalue weighted by Crippen LogP contribution is 2.60. The molecule has 1 spiro atoms. The molecule has 6 rings (SSSR count). The van der Waals surface area contributed by atoms with E-state index in [2.05, 4.69) is 95.4 Å². The van der Waals surface area contributed by atoms with Crippen molar-refractivity contribution in [1.29, 1.82) is 0 Å². The number of hydrogen-bond donors (Lipinski definition) is 1. The largest absolute Gasteiger partial charge is 0.497 e. The zero-order valence-electron chi connectivity index (χ0n) is 25.6. The summed E-state index contributed by atoms with van der Waals surface area (Å²) in [4.78, 5) is 16.8. The van der Waals surface area contributed by atoms with Gasteiger partial charge in [-0.15, -0.1) is 5.10 Å². The number of hydrogen-bond acceptors (Lipinski definition) is 6. The number of aryl methyl sites for hydroxylation is 1. The third kappa shape index (κ3) is 5.39. The average Bonchev–Trinajstić information content (AvgIpc) is 3.67. The molecule has 1 fully saturated rings. The normalized spacial score (nSPS) is 23.0. The first-order chi connectivity index (χ1) is 21.2. The van der Waals surface area contributed by atoms with Crippen molar-refractivity contribution >= 4 is 47.4 Å². The van der Waals surface area contributed by atoms with Gasteiger partial charge in [-0.3, -0.25) is 9.48 Å². The lowest BCUT2D eigenvalue weighted by molar-refractivity contribution is -0.146. The molecular formula is C34H39IN4O4Si. The molecule has 3 aromatic carbocycles. The third-order valence-electron chi connectivity index (χ3n) is 9.58. The van der Waals surface area contributed by atoms with Crippen molar-refractivity contribution in [3.8, 4) is 5.75 Å². The van der Waals surface area contributed by atoms with E-state index < -0.39 is 13.7 Å². The second-order valence-electron chi connectivity index (χ2n) is 12.4. The number of aliphatic hydroxyl groups is 1. The number of nitrogens with zero attached hydrogens (tertiary/aromatic N) is 4. The number of rotatable bonds is 10. The van der Waals surface area contributed by atoms with Gasteiger partial charge in [-0.2, -0.15) is 0 Å². The van der Waals surface area contributed by atoms with Crippen LogP contribution in [0.3, 0.4) is 0 Å². The SMILES string of the molecule is COc1ccc([Si](C)(C)[C@@H]2[C@@H](CCn3cc(CCO)nn3)O[C@]3(C(=O)N(Cc4ccccc4)c4ccc(I)cc43)[C@H]2C)cc1. The molecule has 1 saturated heterocycles. The summed E-state index contributed by atoms with van der Waals surface area (Å²) in [5.41, 5.74) is 2.80. The Bertz CT molecular complexity index is 1630. The number of fused-ring (bicyclic) bond motifs is 2. The minimum atomic E-state index is -2.24. The van der Waals surface area contributed by atoms with Gasteiger partial charge in [-0.25, -0.2) is 0 Å². The van der Waals surface area contributed by atoms with Crippen LogP contribution >= 0.6 is 22.6 Å². The van der Waals surface area contributed by atoms with E-state index in [4.69, 9.17) is 9.47 Å². The van der Waals surface area contributed by atoms with E-state index >= 15 is 0 Å². The van der Waals surface area contributed by atoms with Gasteiger partial charge in [-0.05, 0) is 70.4 Å². The number of ether oxygens (including phenoxy) is 2. The Balaban J connectivity index is 1.42. The van der Waals surface area contributed by atoms with Gasteiger partial charge in [0.15, 0.2) is 5.60 Å². The maximum absolute atomic E-state index is 14.8. The Hall–Kier alpha value is -3.06. The molecule has 4 atom stereocenters. The standard InChI is InChI=1S/C34H39IN4O4Si/c1-23-32(44(3,4)28-13-11-27(42-2)12-14-28)31(16-18-38-22-26(17-19-40)36-37-38)43-34(23)29-20-25(35)10-15-30(29)39(33(34)41)21-24-8-6-5-7-9-24/h5-15,20,22-23,31-32,40H,16-19,21H2,1-4H3/t23-,31+,32-,34+/m0/s1. The fourth-order valence-corrected chi connectivity index (χ4v) is 12.0. The minimum absolute atomic E-state index is 0.0175. The van der Waals surface area contributed by atoms with Gasteiger partial charge in [-0.1, -0.05) is 72.9 Å². The lowest BCUT2D eigenvalue weighted by Gasteiger charge is -2.37. The van der Waals surface area contributed by atoms with Gasteiger partial charge in [0.1, 0.15) is 5.75 Å². The lowest BCUT2D eigenvalue weighted by atomic mass is 9.82. The van der Waals surface area contributed by atoms with Crippen LogP contribution in [0.1, 0.15) is 30.2 Å². The van der Waals surface area contributed by atoms with Crippen molar-refractivity contribution in [1.82, 2.24) is 15.0 Å². The van der Waals surface area contributed by atoms with Crippen molar-refractivity contribution in [3.05, 3.63) is 99.4 Å². The monoisotopic (exact) mass is 722 g/mol. The van der Waals surface area contributed by atoms with Crippen molar-refractivity contribution in [2.45, 2.75) is 63.2 Å². The molecule has 1 aromatic heterocycles. The summed E-state index contributed by atoms with van der Waals surface area (Å²) >= 11 is 2.34. The summed E-state index contributed by atoms with van der Waals surface area (Å²) in [6.07, 6.45) is 2.88. The molecule has 1 N–H and O–H groups in total. The lowest BCUT2D eigenvalue weighted by Crippen LogP contribution is -2.51. The molecule has 0 aliphatic carbocycles. The molecule has 10 heteroatoms. The van der Waals surface area contributed by atoms with E-state index in [1.165, 1.54) is 5.19 Å². The summed E-state index contributed by atoms with van der Waals surface area (Å²) in [6.45, 7) is 8.16. The highest BCUT2D eigenvalue weighted by molar-refractivity contribution is 14.1. The van der Waals surface area contributed by atoms with Crippen molar-refractivity contribution in [2.75, 3.05) is 18.6 Å². The van der Waals surface area contributed by atoms with E-state index in [9.17, 15) is 9.90 Å².